The van der Waals surface area contributed by atoms with Crippen molar-refractivity contribution in [2.24, 2.45) is 0 Å². The first-order chi connectivity index (χ1) is 5.93. The van der Waals surface area contributed by atoms with Gasteiger partial charge in [-0.05, 0) is 22.6 Å². The van der Waals surface area contributed by atoms with Crippen molar-refractivity contribution in [3.05, 3.63) is 45.8 Å². The molecule has 0 aromatic heterocycles. The lowest BCUT2D eigenvalue weighted by Crippen LogP contribution is -2.02. The normalized spacial score (nSPS) is 30.7. The Balaban J connectivity index is 2.09. The van der Waals surface area contributed by atoms with Gasteiger partial charge in [0.15, 0.2) is 0 Å². The summed E-state index contributed by atoms with van der Waals surface area (Å²) in [6, 6.07) is 0. The molecule has 0 aromatic carbocycles. The molecule has 0 nitrogen and oxygen atoms in total. The van der Waals surface area contributed by atoms with Gasteiger partial charge in [0, 0.05) is 10.7 Å². The van der Waals surface area contributed by atoms with Crippen LogP contribution < -0.4 is 0 Å². The molecule has 0 saturated carbocycles. The van der Waals surface area contributed by atoms with Crippen LogP contribution in [0.25, 0.3) is 0 Å². The zero-order valence-corrected chi connectivity index (χ0v) is 8.12. The highest BCUT2D eigenvalue weighted by molar-refractivity contribution is 8.04. The van der Waals surface area contributed by atoms with Gasteiger partial charge in [-0.2, -0.15) is 0 Å². The molecule has 1 atom stereocenters. The van der Waals surface area contributed by atoms with Crippen molar-refractivity contribution in [2.75, 3.05) is 5.75 Å². The van der Waals surface area contributed by atoms with Gasteiger partial charge in [-0.25, -0.2) is 0 Å². The van der Waals surface area contributed by atoms with Gasteiger partial charge >= 0.3 is 0 Å². The number of hydrogen-bond donors (Lipinski definition) is 0. The maximum atomic E-state index is 2.39. The minimum Gasteiger partial charge on any atom is -0.122 e. The molecular formula is C10H8S2. The number of allylic oxidation sites excluding steroid dienone is 3. The standard InChI is InChI=1S/C10H8S2/c1-3-11-9-6-10-8(2-4-12-10)5-7(1)9/h1-3,5-6,9H,4H2. The summed E-state index contributed by atoms with van der Waals surface area (Å²) in [6.45, 7) is 0. The second kappa shape index (κ2) is 2.57. The van der Waals surface area contributed by atoms with Crippen LogP contribution in [0.2, 0.25) is 0 Å². The van der Waals surface area contributed by atoms with Crippen molar-refractivity contribution < 1.29 is 0 Å². The minimum atomic E-state index is 0.614. The fraction of sp³-hybridized carbons (Fsp3) is 0.200. The summed E-state index contributed by atoms with van der Waals surface area (Å²) in [4.78, 5) is 1.49. The summed E-state index contributed by atoms with van der Waals surface area (Å²) in [7, 11) is 0. The number of rotatable bonds is 0. The average Bonchev–Trinajstić information content (AvgIpc) is 2.64. The number of thioether (sulfide) groups is 2. The topological polar surface area (TPSA) is 0 Å². The van der Waals surface area contributed by atoms with Crippen molar-refractivity contribution in [1.82, 2.24) is 0 Å². The molecule has 0 saturated heterocycles. The van der Waals surface area contributed by atoms with Gasteiger partial charge in [-0.1, -0.05) is 18.2 Å². The number of fused-ring (bicyclic) bond motifs is 2. The predicted octanol–water partition coefficient (Wildman–Crippen LogP) is 3.11. The molecule has 0 fully saturated rings. The predicted molar refractivity (Wildman–Crippen MR) is 57.2 cm³/mol. The zero-order valence-electron chi connectivity index (χ0n) is 6.49. The maximum absolute atomic E-state index is 2.39. The molecule has 2 heterocycles. The van der Waals surface area contributed by atoms with Gasteiger partial charge in [-0.3, -0.25) is 0 Å². The molecule has 0 spiro atoms. The summed E-state index contributed by atoms with van der Waals surface area (Å²) >= 11 is 3.87. The van der Waals surface area contributed by atoms with E-state index in [1.54, 1.807) is 0 Å². The summed E-state index contributed by atoms with van der Waals surface area (Å²) in [5.74, 6) is 1.16. The van der Waals surface area contributed by atoms with Gasteiger partial charge in [0.1, 0.15) is 0 Å². The molecule has 0 N–H and O–H groups in total. The fourth-order valence-corrected chi connectivity index (χ4v) is 3.63. The van der Waals surface area contributed by atoms with Gasteiger partial charge in [-0.15, -0.1) is 23.5 Å². The first-order valence-electron chi connectivity index (χ1n) is 4.02. The van der Waals surface area contributed by atoms with Crippen LogP contribution in [0.15, 0.2) is 45.8 Å². The second-order valence-corrected chi connectivity index (χ2v) is 5.12. The summed E-state index contributed by atoms with van der Waals surface area (Å²) in [5, 5.41) is 2.81. The molecule has 12 heavy (non-hydrogen) atoms. The molecule has 3 aliphatic rings. The largest absolute Gasteiger partial charge is 0.122 e. The second-order valence-electron chi connectivity index (χ2n) is 3.01. The van der Waals surface area contributed by atoms with E-state index in [0.717, 1.165) is 5.75 Å². The Morgan fingerprint density at radius 1 is 1.42 bits per heavy atom. The fourth-order valence-electron chi connectivity index (χ4n) is 1.64. The van der Waals surface area contributed by atoms with Gasteiger partial charge in [0.25, 0.3) is 0 Å². The van der Waals surface area contributed by atoms with Crippen LogP contribution >= 0.6 is 23.5 Å². The highest BCUT2D eigenvalue weighted by Crippen LogP contribution is 2.42. The molecule has 0 aromatic rings. The first kappa shape index (κ1) is 7.10. The number of hydrogen-bond acceptors (Lipinski definition) is 2. The Labute approximate surface area is 80.5 Å². The van der Waals surface area contributed by atoms with E-state index in [1.165, 1.54) is 16.1 Å². The maximum Gasteiger partial charge on any atom is 0.0532 e. The molecule has 1 aliphatic carbocycles. The SMILES string of the molecule is C1=CC2=CC3=CCSC3=CC2S1. The van der Waals surface area contributed by atoms with E-state index in [0.29, 0.717) is 5.25 Å². The van der Waals surface area contributed by atoms with E-state index in [-0.39, 0.29) is 0 Å². The van der Waals surface area contributed by atoms with Gasteiger partial charge in [0.2, 0.25) is 0 Å². The third kappa shape index (κ3) is 0.947. The van der Waals surface area contributed by atoms with E-state index in [2.05, 4.69) is 29.7 Å². The lowest BCUT2D eigenvalue weighted by molar-refractivity contribution is 1.28. The monoisotopic (exact) mass is 192 g/mol. The van der Waals surface area contributed by atoms with Gasteiger partial charge in [0.05, 0.1) is 5.25 Å². The van der Waals surface area contributed by atoms with E-state index >= 15 is 0 Å². The molecular weight excluding hydrogens is 184 g/mol. The van der Waals surface area contributed by atoms with Crippen LogP contribution in [-0.4, -0.2) is 11.0 Å². The Kier molecular flexibility index (Phi) is 1.52. The van der Waals surface area contributed by atoms with Crippen LogP contribution in [0.1, 0.15) is 0 Å². The third-order valence-corrected chi connectivity index (χ3v) is 4.28. The van der Waals surface area contributed by atoms with Crippen molar-refractivity contribution in [3.8, 4) is 0 Å². The zero-order chi connectivity index (χ0) is 7.97. The Hall–Kier alpha value is -0.340. The molecule has 60 valence electrons. The van der Waals surface area contributed by atoms with Crippen molar-refractivity contribution in [2.45, 2.75) is 5.25 Å². The van der Waals surface area contributed by atoms with Crippen LogP contribution in [0.3, 0.4) is 0 Å². The molecule has 3 rings (SSSR count). The molecule has 0 amide bonds. The first-order valence-corrected chi connectivity index (χ1v) is 5.95. The van der Waals surface area contributed by atoms with Crippen LogP contribution in [0.5, 0.6) is 0 Å². The van der Waals surface area contributed by atoms with Crippen LogP contribution in [0, 0.1) is 0 Å². The highest BCUT2D eigenvalue weighted by Gasteiger charge is 2.23. The molecule has 0 bridgehead atoms. The van der Waals surface area contributed by atoms with E-state index in [9.17, 15) is 0 Å². The molecule has 0 radical (unpaired) electrons. The Morgan fingerprint density at radius 3 is 3.42 bits per heavy atom. The lowest BCUT2D eigenvalue weighted by Gasteiger charge is -2.14. The summed E-state index contributed by atoms with van der Waals surface area (Å²) < 4.78 is 0. The van der Waals surface area contributed by atoms with E-state index < -0.39 is 0 Å². The Morgan fingerprint density at radius 2 is 2.42 bits per heavy atom. The van der Waals surface area contributed by atoms with Crippen molar-refractivity contribution in [3.63, 3.8) is 0 Å². The van der Waals surface area contributed by atoms with E-state index in [1.807, 2.05) is 23.5 Å². The van der Waals surface area contributed by atoms with Crippen LogP contribution in [0.4, 0.5) is 0 Å². The smallest absolute Gasteiger partial charge is 0.0532 e. The van der Waals surface area contributed by atoms with Gasteiger partial charge < -0.3 is 0 Å². The van der Waals surface area contributed by atoms with Crippen molar-refractivity contribution in [1.29, 1.82) is 0 Å². The summed E-state index contributed by atoms with van der Waals surface area (Å²) in [6.07, 6.45) is 9.27. The quantitative estimate of drug-likeness (QED) is 0.578. The third-order valence-electron chi connectivity index (χ3n) is 2.27. The van der Waals surface area contributed by atoms with Crippen molar-refractivity contribution >= 4 is 23.5 Å². The lowest BCUT2D eigenvalue weighted by atomic mass is 10.0. The molecule has 2 aliphatic heterocycles. The van der Waals surface area contributed by atoms with Crippen LogP contribution in [-0.2, 0) is 0 Å². The molecule has 2 heteroatoms. The molecule has 1 unspecified atom stereocenters. The highest BCUT2D eigenvalue weighted by atomic mass is 32.2. The minimum absolute atomic E-state index is 0.614. The average molecular weight is 192 g/mol. The van der Waals surface area contributed by atoms with E-state index in [4.69, 9.17) is 0 Å². The summed E-state index contributed by atoms with van der Waals surface area (Å²) in [5.41, 5.74) is 2.91. The Bertz CT molecular complexity index is 345.